The zero-order chi connectivity index (χ0) is 15.4. The van der Waals surface area contributed by atoms with Crippen molar-refractivity contribution >= 4 is 17.7 Å². The maximum Gasteiger partial charge on any atom is 0.319 e. The van der Waals surface area contributed by atoms with E-state index in [9.17, 15) is 9.59 Å². The molecule has 1 aliphatic carbocycles. The Morgan fingerprint density at radius 3 is 2.62 bits per heavy atom. The number of anilines is 1. The van der Waals surface area contributed by atoms with Gasteiger partial charge in [0.1, 0.15) is 0 Å². The van der Waals surface area contributed by atoms with E-state index in [0.717, 1.165) is 29.7 Å². The molecule has 1 aromatic rings. The zero-order valence-electron chi connectivity index (χ0n) is 12.7. The lowest BCUT2D eigenvalue weighted by atomic mass is 10.1. The minimum absolute atomic E-state index is 0.150. The molecular weight excluding hydrogens is 268 g/mol. The van der Waals surface area contributed by atoms with Crippen molar-refractivity contribution in [3.05, 3.63) is 29.3 Å². The van der Waals surface area contributed by atoms with Crippen molar-refractivity contribution in [1.82, 2.24) is 5.32 Å². The number of ether oxygens (including phenoxy) is 1. The highest BCUT2D eigenvalue weighted by atomic mass is 16.5. The molecule has 5 nitrogen and oxygen atoms in total. The third kappa shape index (κ3) is 4.48. The van der Waals surface area contributed by atoms with E-state index in [1.165, 1.54) is 7.11 Å². The van der Waals surface area contributed by atoms with Gasteiger partial charge >= 0.3 is 12.0 Å². The number of hydrogen-bond acceptors (Lipinski definition) is 3. The number of urea groups is 1. The van der Waals surface area contributed by atoms with Gasteiger partial charge in [-0.3, -0.25) is 4.79 Å². The predicted molar refractivity (Wildman–Crippen MR) is 81.2 cm³/mol. The van der Waals surface area contributed by atoms with Crippen molar-refractivity contribution < 1.29 is 14.3 Å². The molecule has 0 aromatic heterocycles. The molecule has 0 radical (unpaired) electrons. The fraction of sp³-hybridized carbons (Fsp3) is 0.500. The number of methoxy groups -OCH3 is 1. The van der Waals surface area contributed by atoms with Crippen LogP contribution in [0.1, 0.15) is 30.4 Å². The van der Waals surface area contributed by atoms with Gasteiger partial charge in [-0.15, -0.1) is 0 Å². The Kier molecular flexibility index (Phi) is 4.83. The third-order valence-electron chi connectivity index (χ3n) is 3.75. The molecule has 2 rings (SSSR count). The summed E-state index contributed by atoms with van der Waals surface area (Å²) in [5.74, 6) is 0.0904. The van der Waals surface area contributed by atoms with Crippen LogP contribution in [0.4, 0.5) is 10.5 Å². The Bertz CT molecular complexity index is 538. The van der Waals surface area contributed by atoms with Crippen molar-refractivity contribution in [3.63, 3.8) is 0 Å². The average Bonchev–Trinajstić information content (AvgIpc) is 3.25. The highest BCUT2D eigenvalue weighted by molar-refractivity contribution is 5.90. The molecule has 2 amide bonds. The van der Waals surface area contributed by atoms with E-state index < -0.39 is 0 Å². The van der Waals surface area contributed by atoms with Crippen molar-refractivity contribution in [2.24, 2.45) is 5.92 Å². The summed E-state index contributed by atoms with van der Waals surface area (Å²) < 4.78 is 4.68. The van der Waals surface area contributed by atoms with Crippen LogP contribution >= 0.6 is 0 Å². The molecule has 1 atom stereocenters. The van der Waals surface area contributed by atoms with E-state index in [1.54, 1.807) is 0 Å². The van der Waals surface area contributed by atoms with Gasteiger partial charge in [-0.25, -0.2) is 4.79 Å². The Labute approximate surface area is 125 Å². The fourth-order valence-electron chi connectivity index (χ4n) is 2.38. The highest BCUT2D eigenvalue weighted by Gasteiger charge is 2.34. The largest absolute Gasteiger partial charge is 0.469 e. The number of nitrogens with one attached hydrogen (secondary N) is 2. The predicted octanol–water partition coefficient (Wildman–Crippen LogP) is 2.77. The molecule has 0 saturated heterocycles. The van der Waals surface area contributed by atoms with Gasteiger partial charge in [-0.2, -0.15) is 0 Å². The van der Waals surface area contributed by atoms with E-state index in [2.05, 4.69) is 15.4 Å². The lowest BCUT2D eigenvalue weighted by Crippen LogP contribution is -2.41. The summed E-state index contributed by atoms with van der Waals surface area (Å²) in [6, 6.07) is 5.43. The summed E-state index contributed by atoms with van der Waals surface area (Å²) in [6.07, 6.45) is 2.32. The molecule has 0 bridgehead atoms. The van der Waals surface area contributed by atoms with Crippen LogP contribution in [0, 0.1) is 19.8 Å². The molecule has 0 unspecified atom stereocenters. The molecule has 1 aliphatic rings. The quantitative estimate of drug-likeness (QED) is 0.819. The maximum atomic E-state index is 12.1. The van der Waals surface area contributed by atoms with Gasteiger partial charge < -0.3 is 15.4 Å². The first-order valence-electron chi connectivity index (χ1n) is 7.21. The first-order chi connectivity index (χ1) is 9.99. The molecule has 5 heteroatoms. The first kappa shape index (κ1) is 15.4. The van der Waals surface area contributed by atoms with E-state index in [4.69, 9.17) is 0 Å². The highest BCUT2D eigenvalue weighted by Crippen LogP contribution is 2.34. The van der Waals surface area contributed by atoms with Crippen molar-refractivity contribution in [3.8, 4) is 0 Å². The summed E-state index contributed by atoms with van der Waals surface area (Å²) in [5.41, 5.74) is 2.95. The summed E-state index contributed by atoms with van der Waals surface area (Å²) in [4.78, 5) is 23.5. The third-order valence-corrected chi connectivity index (χ3v) is 3.75. The van der Waals surface area contributed by atoms with Crippen LogP contribution in [-0.4, -0.2) is 25.2 Å². The minimum atomic E-state index is -0.293. The molecule has 0 spiro atoms. The van der Waals surface area contributed by atoms with Gasteiger partial charge in [0.05, 0.1) is 13.5 Å². The monoisotopic (exact) mass is 290 g/mol. The summed E-state index contributed by atoms with van der Waals surface area (Å²) >= 11 is 0. The second-order valence-electron chi connectivity index (χ2n) is 5.64. The number of amides is 2. The van der Waals surface area contributed by atoms with Gasteiger partial charge in [0.2, 0.25) is 0 Å². The van der Waals surface area contributed by atoms with Crippen molar-refractivity contribution in [2.75, 3.05) is 12.4 Å². The summed E-state index contributed by atoms with van der Waals surface area (Å²) in [6.45, 7) is 3.96. The van der Waals surface area contributed by atoms with E-state index >= 15 is 0 Å². The summed E-state index contributed by atoms with van der Waals surface area (Å²) in [5, 5.41) is 5.72. The Hall–Kier alpha value is -2.04. The SMILES string of the molecule is COC(=O)C[C@H](NC(=O)Nc1ccc(C)cc1C)C1CC1. The molecular formula is C16H22N2O3. The van der Waals surface area contributed by atoms with Crippen molar-refractivity contribution in [1.29, 1.82) is 0 Å². The molecule has 2 N–H and O–H groups in total. The Morgan fingerprint density at radius 1 is 1.33 bits per heavy atom. The van der Waals surface area contributed by atoms with Crippen LogP contribution < -0.4 is 10.6 Å². The fourth-order valence-corrected chi connectivity index (χ4v) is 2.38. The van der Waals surface area contributed by atoms with Gasteiger partial charge in [-0.05, 0) is 44.2 Å². The van der Waals surface area contributed by atoms with Crippen molar-refractivity contribution in [2.45, 2.75) is 39.2 Å². The lowest BCUT2D eigenvalue weighted by molar-refractivity contribution is -0.141. The van der Waals surface area contributed by atoms with Crippen LogP contribution in [0.25, 0.3) is 0 Å². The van der Waals surface area contributed by atoms with Crippen LogP contribution in [-0.2, 0) is 9.53 Å². The van der Waals surface area contributed by atoms with Crippen LogP contribution in [0.5, 0.6) is 0 Å². The molecule has 0 aliphatic heterocycles. The first-order valence-corrected chi connectivity index (χ1v) is 7.21. The number of carbonyl (C=O) groups excluding carboxylic acids is 2. The molecule has 1 aromatic carbocycles. The minimum Gasteiger partial charge on any atom is -0.469 e. The molecule has 21 heavy (non-hydrogen) atoms. The second-order valence-corrected chi connectivity index (χ2v) is 5.64. The number of benzene rings is 1. The van der Waals surface area contributed by atoms with E-state index in [0.29, 0.717) is 5.92 Å². The van der Waals surface area contributed by atoms with Crippen LogP contribution in [0.2, 0.25) is 0 Å². The van der Waals surface area contributed by atoms with Gasteiger partial charge in [0, 0.05) is 11.7 Å². The number of aryl methyl sites for hydroxylation is 2. The van der Waals surface area contributed by atoms with E-state index in [1.807, 2.05) is 32.0 Å². The Morgan fingerprint density at radius 2 is 2.05 bits per heavy atom. The number of esters is 1. The Balaban J connectivity index is 1.94. The lowest BCUT2D eigenvalue weighted by Gasteiger charge is -2.18. The average molecular weight is 290 g/mol. The van der Waals surface area contributed by atoms with Crippen LogP contribution in [0.15, 0.2) is 18.2 Å². The molecule has 114 valence electrons. The molecule has 1 saturated carbocycles. The topological polar surface area (TPSA) is 67.4 Å². The molecule has 1 fully saturated rings. The van der Waals surface area contributed by atoms with Crippen LogP contribution in [0.3, 0.4) is 0 Å². The maximum absolute atomic E-state index is 12.1. The number of hydrogen-bond donors (Lipinski definition) is 2. The standard InChI is InChI=1S/C16H22N2O3/c1-10-4-7-13(11(2)8-10)17-16(20)18-14(12-5-6-12)9-15(19)21-3/h4,7-8,12,14H,5-6,9H2,1-3H3,(H2,17,18,20)/t14-/m0/s1. The van der Waals surface area contributed by atoms with Gasteiger partial charge in [0.15, 0.2) is 0 Å². The smallest absolute Gasteiger partial charge is 0.319 e. The molecule has 0 heterocycles. The van der Waals surface area contributed by atoms with E-state index in [-0.39, 0.29) is 24.5 Å². The second kappa shape index (κ2) is 6.61. The number of rotatable bonds is 5. The normalized spacial score (nSPS) is 15.2. The van der Waals surface area contributed by atoms with Gasteiger partial charge in [0.25, 0.3) is 0 Å². The number of carbonyl (C=O) groups is 2. The zero-order valence-corrected chi connectivity index (χ0v) is 12.7. The van der Waals surface area contributed by atoms with Gasteiger partial charge in [-0.1, -0.05) is 17.7 Å². The summed E-state index contributed by atoms with van der Waals surface area (Å²) in [7, 11) is 1.36.